The van der Waals surface area contributed by atoms with Crippen molar-refractivity contribution in [3.63, 3.8) is 0 Å². The normalized spacial score (nSPS) is 14.4. The van der Waals surface area contributed by atoms with Gasteiger partial charge in [-0.25, -0.2) is 0 Å². The Labute approximate surface area is 128 Å². The fraction of sp³-hybridized carbons (Fsp3) is 1.00. The van der Waals surface area contributed by atoms with Gasteiger partial charge in [-0.15, -0.1) is 0 Å². The Morgan fingerprint density at radius 1 is 0.750 bits per heavy atom. The second kappa shape index (κ2) is 15.3. The standard InChI is InChI=1S/C18H39NO/c1-5-8-9-10-11-12-13-14-16-17(19-4)18(15-6-2)20-7-3/h17-19H,5-16H2,1-4H3. The van der Waals surface area contributed by atoms with Gasteiger partial charge in [-0.2, -0.15) is 0 Å². The third-order valence-corrected chi connectivity index (χ3v) is 4.14. The second-order valence-electron chi connectivity index (χ2n) is 5.94. The third-order valence-electron chi connectivity index (χ3n) is 4.14. The molecule has 0 amide bonds. The molecule has 2 nitrogen and oxygen atoms in total. The zero-order valence-corrected chi connectivity index (χ0v) is 14.5. The average Bonchev–Trinajstić information content (AvgIpc) is 2.46. The van der Waals surface area contributed by atoms with Gasteiger partial charge in [-0.1, -0.05) is 71.6 Å². The molecule has 2 unspecified atom stereocenters. The van der Waals surface area contributed by atoms with Crippen molar-refractivity contribution >= 4 is 0 Å². The van der Waals surface area contributed by atoms with Gasteiger partial charge in [0.1, 0.15) is 0 Å². The van der Waals surface area contributed by atoms with E-state index < -0.39 is 0 Å². The summed E-state index contributed by atoms with van der Waals surface area (Å²) in [5.74, 6) is 0. The second-order valence-corrected chi connectivity index (χ2v) is 5.94. The van der Waals surface area contributed by atoms with Crippen LogP contribution in [0.3, 0.4) is 0 Å². The van der Waals surface area contributed by atoms with Crippen molar-refractivity contribution in [1.82, 2.24) is 5.32 Å². The van der Waals surface area contributed by atoms with Crippen LogP contribution in [0.5, 0.6) is 0 Å². The van der Waals surface area contributed by atoms with Crippen LogP contribution in [-0.2, 0) is 4.74 Å². The van der Waals surface area contributed by atoms with E-state index in [0.717, 1.165) is 6.61 Å². The van der Waals surface area contributed by atoms with E-state index in [9.17, 15) is 0 Å². The van der Waals surface area contributed by atoms with Gasteiger partial charge in [0.15, 0.2) is 0 Å². The van der Waals surface area contributed by atoms with Gasteiger partial charge in [0, 0.05) is 12.6 Å². The number of hydrogen-bond donors (Lipinski definition) is 1. The SMILES string of the molecule is CCCCCCCCCCC(NC)C(CCC)OCC. The molecular weight excluding hydrogens is 246 g/mol. The Morgan fingerprint density at radius 2 is 1.35 bits per heavy atom. The molecule has 20 heavy (non-hydrogen) atoms. The molecule has 0 aromatic rings. The van der Waals surface area contributed by atoms with Crippen LogP contribution in [0.15, 0.2) is 0 Å². The number of ether oxygens (including phenoxy) is 1. The zero-order valence-electron chi connectivity index (χ0n) is 14.5. The highest BCUT2D eigenvalue weighted by molar-refractivity contribution is 4.75. The monoisotopic (exact) mass is 285 g/mol. The molecule has 2 atom stereocenters. The molecular formula is C18H39NO. The molecule has 0 rings (SSSR count). The highest BCUT2D eigenvalue weighted by atomic mass is 16.5. The summed E-state index contributed by atoms with van der Waals surface area (Å²) in [6, 6.07) is 0.537. The maximum atomic E-state index is 5.90. The lowest BCUT2D eigenvalue weighted by molar-refractivity contribution is 0.0272. The van der Waals surface area contributed by atoms with Crippen molar-refractivity contribution < 1.29 is 4.74 Å². The summed E-state index contributed by atoms with van der Waals surface area (Å²) in [6.07, 6.45) is 15.2. The molecule has 0 radical (unpaired) electrons. The predicted octanol–water partition coefficient (Wildman–Crippen LogP) is 5.31. The molecule has 2 heteroatoms. The quantitative estimate of drug-likeness (QED) is 0.412. The molecule has 0 aliphatic rings. The summed E-state index contributed by atoms with van der Waals surface area (Å²) in [5.41, 5.74) is 0. The van der Waals surface area contributed by atoms with Gasteiger partial charge in [0.2, 0.25) is 0 Å². The van der Waals surface area contributed by atoms with Crippen molar-refractivity contribution in [1.29, 1.82) is 0 Å². The lowest BCUT2D eigenvalue weighted by atomic mass is 9.99. The summed E-state index contributed by atoms with van der Waals surface area (Å²) in [5, 5.41) is 3.47. The summed E-state index contributed by atoms with van der Waals surface area (Å²) < 4.78 is 5.90. The molecule has 0 aliphatic heterocycles. The molecule has 0 fully saturated rings. The maximum absolute atomic E-state index is 5.90. The van der Waals surface area contributed by atoms with Gasteiger partial charge in [-0.05, 0) is 26.8 Å². The molecule has 0 aromatic heterocycles. The van der Waals surface area contributed by atoms with Crippen LogP contribution in [0.2, 0.25) is 0 Å². The topological polar surface area (TPSA) is 21.3 Å². The first-order valence-electron chi connectivity index (χ1n) is 9.08. The lowest BCUT2D eigenvalue weighted by Crippen LogP contribution is -2.39. The lowest BCUT2D eigenvalue weighted by Gasteiger charge is -2.26. The first-order chi connectivity index (χ1) is 9.79. The van der Waals surface area contributed by atoms with E-state index in [1.54, 1.807) is 0 Å². The Bertz CT molecular complexity index is 178. The molecule has 1 N–H and O–H groups in total. The van der Waals surface area contributed by atoms with Crippen molar-refractivity contribution in [3.8, 4) is 0 Å². The molecule has 0 aromatic carbocycles. The number of unbranched alkanes of at least 4 members (excludes halogenated alkanes) is 7. The Kier molecular flexibility index (Phi) is 15.3. The zero-order chi connectivity index (χ0) is 15.1. The summed E-state index contributed by atoms with van der Waals surface area (Å²) in [6.45, 7) is 7.46. The van der Waals surface area contributed by atoms with E-state index in [1.807, 2.05) is 0 Å². The molecule has 0 spiro atoms. The van der Waals surface area contributed by atoms with Gasteiger partial charge < -0.3 is 10.1 Å². The van der Waals surface area contributed by atoms with Crippen LogP contribution in [0.1, 0.15) is 91.4 Å². The van der Waals surface area contributed by atoms with Gasteiger partial charge in [-0.3, -0.25) is 0 Å². The predicted molar refractivity (Wildman–Crippen MR) is 90.4 cm³/mol. The van der Waals surface area contributed by atoms with E-state index >= 15 is 0 Å². The van der Waals surface area contributed by atoms with Crippen molar-refractivity contribution in [2.24, 2.45) is 0 Å². The van der Waals surface area contributed by atoms with Gasteiger partial charge >= 0.3 is 0 Å². The van der Waals surface area contributed by atoms with E-state index in [-0.39, 0.29) is 0 Å². The summed E-state index contributed by atoms with van der Waals surface area (Å²) in [4.78, 5) is 0. The largest absolute Gasteiger partial charge is 0.377 e. The van der Waals surface area contributed by atoms with Crippen molar-refractivity contribution in [2.75, 3.05) is 13.7 Å². The fourth-order valence-electron chi connectivity index (χ4n) is 2.91. The summed E-state index contributed by atoms with van der Waals surface area (Å²) in [7, 11) is 2.08. The summed E-state index contributed by atoms with van der Waals surface area (Å²) >= 11 is 0. The number of rotatable bonds is 15. The average molecular weight is 286 g/mol. The smallest absolute Gasteiger partial charge is 0.0727 e. The maximum Gasteiger partial charge on any atom is 0.0727 e. The van der Waals surface area contributed by atoms with Crippen molar-refractivity contribution in [2.45, 2.75) is 104 Å². The molecule has 122 valence electrons. The Balaban J connectivity index is 3.66. The number of hydrogen-bond acceptors (Lipinski definition) is 2. The van der Waals surface area contributed by atoms with Crippen LogP contribution in [-0.4, -0.2) is 25.8 Å². The highest BCUT2D eigenvalue weighted by Gasteiger charge is 2.18. The van der Waals surface area contributed by atoms with Crippen LogP contribution in [0, 0.1) is 0 Å². The van der Waals surface area contributed by atoms with Gasteiger partial charge in [0.05, 0.1) is 6.10 Å². The molecule has 0 aliphatic carbocycles. The van der Waals surface area contributed by atoms with Gasteiger partial charge in [0.25, 0.3) is 0 Å². The van der Waals surface area contributed by atoms with Crippen LogP contribution < -0.4 is 5.32 Å². The fourth-order valence-corrected chi connectivity index (χ4v) is 2.91. The highest BCUT2D eigenvalue weighted by Crippen LogP contribution is 2.15. The van der Waals surface area contributed by atoms with E-state index in [4.69, 9.17) is 4.74 Å². The third kappa shape index (κ3) is 10.7. The molecule has 0 heterocycles. The first kappa shape index (κ1) is 19.9. The Morgan fingerprint density at radius 3 is 1.85 bits per heavy atom. The van der Waals surface area contributed by atoms with Crippen LogP contribution in [0.25, 0.3) is 0 Å². The minimum atomic E-state index is 0.402. The van der Waals surface area contributed by atoms with E-state index in [2.05, 4.69) is 33.1 Å². The van der Waals surface area contributed by atoms with Crippen LogP contribution >= 0.6 is 0 Å². The van der Waals surface area contributed by atoms with Crippen LogP contribution in [0.4, 0.5) is 0 Å². The van der Waals surface area contributed by atoms with E-state index in [0.29, 0.717) is 12.1 Å². The number of likely N-dealkylation sites (N-methyl/N-ethyl adjacent to an activating group) is 1. The van der Waals surface area contributed by atoms with Crippen molar-refractivity contribution in [3.05, 3.63) is 0 Å². The molecule has 0 saturated heterocycles. The number of nitrogens with one attached hydrogen (secondary N) is 1. The first-order valence-corrected chi connectivity index (χ1v) is 9.08. The molecule has 0 bridgehead atoms. The van der Waals surface area contributed by atoms with E-state index in [1.165, 1.54) is 70.6 Å². The minimum absolute atomic E-state index is 0.402. The Hall–Kier alpha value is -0.0800. The minimum Gasteiger partial charge on any atom is -0.377 e. The molecule has 0 saturated carbocycles.